The molecule has 0 aliphatic rings. The van der Waals surface area contributed by atoms with Crippen molar-refractivity contribution in [2.45, 2.75) is 58.3 Å². The van der Waals surface area contributed by atoms with Crippen LogP contribution < -0.4 is 0 Å². The molecule has 1 rings (SSSR count). The van der Waals surface area contributed by atoms with Crippen LogP contribution in [0.25, 0.3) is 0 Å². The van der Waals surface area contributed by atoms with Crippen molar-refractivity contribution in [1.82, 2.24) is 0 Å². The summed E-state index contributed by atoms with van der Waals surface area (Å²) in [6, 6.07) is 7.35. The number of carbonyl (C=O) groups is 1. The van der Waals surface area contributed by atoms with Gasteiger partial charge in [-0.1, -0.05) is 19.1 Å². The SMILES string of the molecule is COC(OC)C(CCC(C)c1ccc(C(=O)OC(C)(C)C)cc1)COS(C)(=O)=O. The van der Waals surface area contributed by atoms with Gasteiger partial charge in [-0.3, -0.25) is 4.18 Å². The first-order chi connectivity index (χ1) is 13.4. The maximum Gasteiger partial charge on any atom is 0.338 e. The van der Waals surface area contributed by atoms with Gasteiger partial charge in [-0.2, -0.15) is 8.42 Å². The van der Waals surface area contributed by atoms with Gasteiger partial charge in [0.1, 0.15) is 5.60 Å². The van der Waals surface area contributed by atoms with Crippen LogP contribution in [-0.2, 0) is 28.5 Å². The lowest BCUT2D eigenvalue weighted by Gasteiger charge is -2.25. The largest absolute Gasteiger partial charge is 0.456 e. The molecule has 2 atom stereocenters. The second-order valence-electron chi connectivity index (χ2n) is 8.19. The van der Waals surface area contributed by atoms with E-state index < -0.39 is 22.0 Å². The monoisotopic (exact) mass is 430 g/mol. The molecule has 2 unspecified atom stereocenters. The van der Waals surface area contributed by atoms with E-state index in [1.54, 1.807) is 12.1 Å². The molecule has 29 heavy (non-hydrogen) atoms. The minimum absolute atomic E-state index is 0.00448. The van der Waals surface area contributed by atoms with Gasteiger partial charge in [0.15, 0.2) is 6.29 Å². The number of methoxy groups -OCH3 is 2. The number of ether oxygens (including phenoxy) is 3. The molecule has 7 nitrogen and oxygen atoms in total. The Morgan fingerprint density at radius 3 is 2.03 bits per heavy atom. The Morgan fingerprint density at radius 2 is 1.59 bits per heavy atom. The second kappa shape index (κ2) is 11.1. The van der Waals surface area contributed by atoms with Crippen LogP contribution in [0.15, 0.2) is 24.3 Å². The summed E-state index contributed by atoms with van der Waals surface area (Å²) in [6.45, 7) is 7.57. The zero-order valence-corrected chi connectivity index (χ0v) is 19.2. The van der Waals surface area contributed by atoms with E-state index >= 15 is 0 Å². The average Bonchev–Trinajstić information content (AvgIpc) is 2.62. The number of rotatable bonds is 11. The molecule has 0 bridgehead atoms. The van der Waals surface area contributed by atoms with Crippen molar-refractivity contribution >= 4 is 16.1 Å². The third-order valence-corrected chi connectivity index (χ3v) is 4.99. The molecule has 0 heterocycles. The lowest BCUT2D eigenvalue weighted by molar-refractivity contribution is -0.145. The Balaban J connectivity index is 2.74. The van der Waals surface area contributed by atoms with Crippen LogP contribution in [-0.4, -0.2) is 53.4 Å². The predicted molar refractivity (Wildman–Crippen MR) is 111 cm³/mol. The normalized spacial score (nSPS) is 14.6. The number of hydrogen-bond donors (Lipinski definition) is 0. The third kappa shape index (κ3) is 9.71. The van der Waals surface area contributed by atoms with Crippen molar-refractivity contribution in [3.05, 3.63) is 35.4 Å². The smallest absolute Gasteiger partial charge is 0.338 e. The number of carbonyl (C=O) groups excluding carboxylic acids is 1. The van der Waals surface area contributed by atoms with E-state index in [0.29, 0.717) is 12.0 Å². The summed E-state index contributed by atoms with van der Waals surface area (Å²) in [4.78, 5) is 12.1. The van der Waals surface area contributed by atoms with E-state index in [0.717, 1.165) is 18.2 Å². The lowest BCUT2D eigenvalue weighted by Crippen LogP contribution is -2.30. The Kier molecular flexibility index (Phi) is 9.75. The number of esters is 1. The first kappa shape index (κ1) is 25.6. The molecule has 0 saturated heterocycles. The van der Waals surface area contributed by atoms with E-state index in [9.17, 15) is 13.2 Å². The summed E-state index contributed by atoms with van der Waals surface area (Å²) < 4.78 is 43.6. The Morgan fingerprint density at radius 1 is 1.03 bits per heavy atom. The zero-order valence-electron chi connectivity index (χ0n) is 18.4. The highest BCUT2D eigenvalue weighted by molar-refractivity contribution is 7.85. The average molecular weight is 431 g/mol. The van der Waals surface area contributed by atoms with Crippen LogP contribution in [0.3, 0.4) is 0 Å². The molecule has 0 aromatic heterocycles. The van der Waals surface area contributed by atoms with Gasteiger partial charge in [0, 0.05) is 20.1 Å². The quantitative estimate of drug-likeness (QED) is 0.300. The summed E-state index contributed by atoms with van der Waals surface area (Å²) in [7, 11) is -0.512. The molecule has 0 aliphatic carbocycles. The van der Waals surface area contributed by atoms with E-state index in [1.807, 2.05) is 32.9 Å². The molecule has 1 aromatic carbocycles. The Hall–Kier alpha value is -1.48. The number of benzene rings is 1. The summed E-state index contributed by atoms with van der Waals surface area (Å²) in [5.74, 6) is -0.390. The Labute approximate surface area is 174 Å². The molecule has 0 saturated carbocycles. The van der Waals surface area contributed by atoms with Crippen molar-refractivity contribution in [2.75, 3.05) is 27.1 Å². The van der Waals surface area contributed by atoms with Gasteiger partial charge in [0.2, 0.25) is 0 Å². The van der Waals surface area contributed by atoms with Crippen molar-refractivity contribution in [2.24, 2.45) is 5.92 Å². The first-order valence-corrected chi connectivity index (χ1v) is 11.4. The zero-order chi connectivity index (χ0) is 22.2. The number of hydrogen-bond acceptors (Lipinski definition) is 7. The third-order valence-electron chi connectivity index (χ3n) is 4.43. The highest BCUT2D eigenvalue weighted by Gasteiger charge is 2.24. The fourth-order valence-electron chi connectivity index (χ4n) is 2.91. The molecule has 8 heteroatoms. The van der Waals surface area contributed by atoms with Gasteiger partial charge in [0.05, 0.1) is 18.4 Å². The fraction of sp³-hybridized carbons (Fsp3) is 0.667. The van der Waals surface area contributed by atoms with Crippen molar-refractivity contribution in [1.29, 1.82) is 0 Å². The van der Waals surface area contributed by atoms with Crippen LogP contribution >= 0.6 is 0 Å². The molecule has 0 radical (unpaired) electrons. The second-order valence-corrected chi connectivity index (χ2v) is 9.83. The van der Waals surface area contributed by atoms with Crippen LogP contribution in [0.1, 0.15) is 62.4 Å². The Bertz CT molecular complexity index is 731. The maximum absolute atomic E-state index is 12.1. The molecule has 0 amide bonds. The lowest BCUT2D eigenvalue weighted by atomic mass is 9.91. The molecule has 166 valence electrons. The summed E-state index contributed by atoms with van der Waals surface area (Å²) in [5.41, 5.74) is 1.05. The van der Waals surface area contributed by atoms with Crippen LogP contribution in [0.2, 0.25) is 0 Å². The first-order valence-electron chi connectivity index (χ1n) is 9.59. The van der Waals surface area contributed by atoms with Crippen molar-refractivity contribution < 1.29 is 31.6 Å². The molecule has 0 spiro atoms. The maximum atomic E-state index is 12.1. The molecular weight excluding hydrogens is 396 g/mol. The van der Waals surface area contributed by atoms with Gasteiger partial charge in [0.25, 0.3) is 10.1 Å². The van der Waals surface area contributed by atoms with Crippen LogP contribution in [0.4, 0.5) is 0 Å². The topological polar surface area (TPSA) is 88.1 Å². The predicted octanol–water partition coefficient (Wildman–Crippen LogP) is 3.74. The minimum atomic E-state index is -3.54. The molecule has 0 fully saturated rings. The highest BCUT2D eigenvalue weighted by Crippen LogP contribution is 2.26. The van der Waals surface area contributed by atoms with Gasteiger partial charge in [-0.15, -0.1) is 0 Å². The van der Waals surface area contributed by atoms with Gasteiger partial charge in [-0.05, 0) is 57.2 Å². The molecule has 0 N–H and O–H groups in total. The molecular formula is C21H34O7S. The summed E-state index contributed by atoms with van der Waals surface area (Å²) >= 11 is 0. The fourth-order valence-corrected chi connectivity index (χ4v) is 3.33. The van der Waals surface area contributed by atoms with Gasteiger partial charge < -0.3 is 14.2 Å². The van der Waals surface area contributed by atoms with E-state index in [2.05, 4.69) is 6.92 Å². The standard InChI is InChI=1S/C21H34O7S/c1-15(8-9-18(20(25-5)26-6)14-27-29(7,23)24)16-10-12-17(13-11-16)19(22)28-21(2,3)4/h10-13,15,18,20H,8-9,14H2,1-7H3. The van der Waals surface area contributed by atoms with E-state index in [4.69, 9.17) is 18.4 Å². The van der Waals surface area contributed by atoms with Gasteiger partial charge in [-0.25, -0.2) is 4.79 Å². The minimum Gasteiger partial charge on any atom is -0.456 e. The van der Waals surface area contributed by atoms with Gasteiger partial charge >= 0.3 is 5.97 Å². The van der Waals surface area contributed by atoms with E-state index in [-0.39, 0.29) is 24.4 Å². The summed E-state index contributed by atoms with van der Waals surface area (Å²) in [6.07, 6.45) is 1.88. The summed E-state index contributed by atoms with van der Waals surface area (Å²) in [5, 5.41) is 0. The van der Waals surface area contributed by atoms with E-state index in [1.165, 1.54) is 14.2 Å². The van der Waals surface area contributed by atoms with Crippen molar-refractivity contribution in [3.63, 3.8) is 0 Å². The van der Waals surface area contributed by atoms with Crippen LogP contribution in [0.5, 0.6) is 0 Å². The van der Waals surface area contributed by atoms with Crippen molar-refractivity contribution in [3.8, 4) is 0 Å². The highest BCUT2D eigenvalue weighted by atomic mass is 32.2. The molecule has 1 aromatic rings. The molecule has 0 aliphatic heterocycles. The van der Waals surface area contributed by atoms with Crippen LogP contribution in [0, 0.1) is 5.92 Å².